The first-order valence-corrected chi connectivity index (χ1v) is 9.65. The third-order valence-electron chi connectivity index (χ3n) is 4.83. The fourth-order valence-electron chi connectivity index (χ4n) is 3.01. The number of methoxy groups -OCH3 is 2. The Balaban J connectivity index is 1.88. The third-order valence-corrected chi connectivity index (χ3v) is 4.83. The number of benzene rings is 1. The van der Waals surface area contributed by atoms with Crippen molar-refractivity contribution >= 4 is 11.8 Å². The van der Waals surface area contributed by atoms with E-state index >= 15 is 0 Å². The molecule has 0 unspecified atom stereocenters. The van der Waals surface area contributed by atoms with E-state index in [9.17, 15) is 9.59 Å². The monoisotopic (exact) mass is 402 g/mol. The first-order valence-electron chi connectivity index (χ1n) is 9.65. The molecule has 2 aromatic rings. The Morgan fingerprint density at radius 3 is 2.38 bits per heavy atom. The highest BCUT2D eigenvalue weighted by Gasteiger charge is 2.21. The van der Waals surface area contributed by atoms with Gasteiger partial charge in [0.05, 0.1) is 26.0 Å². The number of ether oxygens (including phenoxy) is 2. The van der Waals surface area contributed by atoms with E-state index < -0.39 is 0 Å². The van der Waals surface area contributed by atoms with Gasteiger partial charge in [0.2, 0.25) is 5.91 Å². The third kappa shape index (κ3) is 6.01. The molecule has 0 saturated carbocycles. The van der Waals surface area contributed by atoms with E-state index in [1.54, 1.807) is 37.1 Å². The van der Waals surface area contributed by atoms with Gasteiger partial charge in [-0.25, -0.2) is 0 Å². The second-order valence-electron chi connectivity index (χ2n) is 7.11. The molecule has 1 heterocycles. The van der Waals surface area contributed by atoms with Crippen molar-refractivity contribution in [3.8, 4) is 11.5 Å². The summed E-state index contributed by atoms with van der Waals surface area (Å²) in [5.74, 6) is 1.21. The van der Waals surface area contributed by atoms with Gasteiger partial charge in [-0.3, -0.25) is 9.59 Å². The number of hydrogen-bond acceptors (Lipinski definition) is 5. The number of carbonyl (C=O) groups excluding carboxylic acids is 2. The molecule has 0 aliphatic rings. The van der Waals surface area contributed by atoms with Gasteiger partial charge in [-0.1, -0.05) is 6.07 Å². The van der Waals surface area contributed by atoms with Crippen LogP contribution in [0.4, 0.5) is 0 Å². The van der Waals surface area contributed by atoms with Crippen LogP contribution in [0.3, 0.4) is 0 Å². The fourth-order valence-corrected chi connectivity index (χ4v) is 3.01. The van der Waals surface area contributed by atoms with Gasteiger partial charge in [-0.05, 0) is 44.0 Å². The minimum absolute atomic E-state index is 0.00359. The maximum absolute atomic E-state index is 12.6. The number of carbonyl (C=O) groups is 2. The van der Waals surface area contributed by atoms with Crippen molar-refractivity contribution in [3.63, 3.8) is 0 Å². The molecule has 0 fully saturated rings. The summed E-state index contributed by atoms with van der Waals surface area (Å²) in [5, 5.41) is 0. The second kappa shape index (κ2) is 10.5. The normalized spacial score (nSPS) is 10.7. The van der Waals surface area contributed by atoms with Gasteiger partial charge in [0.25, 0.3) is 5.91 Å². The van der Waals surface area contributed by atoms with E-state index in [4.69, 9.17) is 13.9 Å². The highest BCUT2D eigenvalue weighted by atomic mass is 16.5. The lowest BCUT2D eigenvalue weighted by molar-refractivity contribution is -0.130. The molecule has 7 heteroatoms. The van der Waals surface area contributed by atoms with Gasteiger partial charge in [-0.2, -0.15) is 0 Å². The highest BCUT2D eigenvalue weighted by molar-refractivity contribution is 5.94. The van der Waals surface area contributed by atoms with Crippen LogP contribution in [0.1, 0.15) is 36.2 Å². The summed E-state index contributed by atoms with van der Waals surface area (Å²) >= 11 is 0. The van der Waals surface area contributed by atoms with Crippen molar-refractivity contribution in [1.29, 1.82) is 0 Å². The van der Waals surface area contributed by atoms with E-state index in [1.807, 2.05) is 32.0 Å². The molecule has 158 valence electrons. The maximum Gasteiger partial charge on any atom is 0.257 e. The molecule has 0 radical (unpaired) electrons. The van der Waals surface area contributed by atoms with Gasteiger partial charge in [0, 0.05) is 32.6 Å². The smallest absolute Gasteiger partial charge is 0.257 e. The summed E-state index contributed by atoms with van der Waals surface area (Å²) in [7, 11) is 4.98. The van der Waals surface area contributed by atoms with Crippen molar-refractivity contribution in [1.82, 2.24) is 9.80 Å². The molecule has 0 N–H and O–H groups in total. The quantitative estimate of drug-likeness (QED) is 0.610. The van der Waals surface area contributed by atoms with Crippen molar-refractivity contribution in [2.75, 3.05) is 34.4 Å². The Bertz CT molecular complexity index is 802. The lowest BCUT2D eigenvalue weighted by Crippen LogP contribution is -2.40. The molecule has 0 aliphatic carbocycles. The zero-order valence-electron chi connectivity index (χ0n) is 17.8. The molecule has 1 aromatic heterocycles. The fraction of sp³-hybridized carbons (Fsp3) is 0.455. The van der Waals surface area contributed by atoms with Gasteiger partial charge in [-0.15, -0.1) is 0 Å². The number of amides is 2. The minimum atomic E-state index is -0.130. The lowest BCUT2D eigenvalue weighted by atomic mass is 10.1. The highest BCUT2D eigenvalue weighted by Crippen LogP contribution is 2.27. The van der Waals surface area contributed by atoms with E-state index in [0.29, 0.717) is 36.6 Å². The van der Waals surface area contributed by atoms with Crippen molar-refractivity contribution < 1.29 is 23.5 Å². The molecular formula is C22H30N2O5. The van der Waals surface area contributed by atoms with Gasteiger partial charge in [0.15, 0.2) is 11.5 Å². The van der Waals surface area contributed by atoms with Crippen molar-refractivity contribution in [3.05, 3.63) is 47.9 Å². The number of rotatable bonds is 10. The Hall–Kier alpha value is -2.96. The Morgan fingerprint density at radius 2 is 1.79 bits per heavy atom. The molecular weight excluding hydrogens is 372 g/mol. The summed E-state index contributed by atoms with van der Waals surface area (Å²) in [6, 6.07) is 7.36. The van der Waals surface area contributed by atoms with Crippen LogP contribution in [0.15, 0.2) is 41.2 Å². The number of likely N-dealkylation sites (N-methyl/N-ethyl adjacent to an activating group) is 1. The van der Waals surface area contributed by atoms with Crippen LogP contribution in [0, 0.1) is 0 Å². The average Bonchev–Trinajstić information content (AvgIpc) is 3.26. The van der Waals surface area contributed by atoms with Gasteiger partial charge >= 0.3 is 0 Å². The van der Waals surface area contributed by atoms with Crippen LogP contribution in [0.2, 0.25) is 0 Å². The Labute approximate surface area is 172 Å². The van der Waals surface area contributed by atoms with Crippen molar-refractivity contribution in [2.45, 2.75) is 32.7 Å². The van der Waals surface area contributed by atoms with Crippen LogP contribution in [0.25, 0.3) is 0 Å². The van der Waals surface area contributed by atoms with Crippen LogP contribution in [-0.2, 0) is 11.2 Å². The second-order valence-corrected chi connectivity index (χ2v) is 7.11. The number of furan rings is 1. The minimum Gasteiger partial charge on any atom is -0.493 e. The summed E-state index contributed by atoms with van der Waals surface area (Å²) in [6.07, 6.45) is 3.86. The first kappa shape index (κ1) is 22.3. The number of nitrogens with zero attached hydrogens (tertiary/aromatic N) is 2. The molecule has 0 atom stereocenters. The summed E-state index contributed by atoms with van der Waals surface area (Å²) in [5.41, 5.74) is 1.55. The molecule has 0 aliphatic heterocycles. The van der Waals surface area contributed by atoms with Crippen LogP contribution in [-0.4, -0.2) is 62.0 Å². The molecule has 2 amide bonds. The Kier molecular flexibility index (Phi) is 8.12. The van der Waals surface area contributed by atoms with Crippen LogP contribution < -0.4 is 9.47 Å². The summed E-state index contributed by atoms with van der Waals surface area (Å²) < 4.78 is 15.6. The maximum atomic E-state index is 12.6. The molecule has 0 saturated heterocycles. The largest absolute Gasteiger partial charge is 0.493 e. The Morgan fingerprint density at radius 1 is 1.07 bits per heavy atom. The van der Waals surface area contributed by atoms with Crippen LogP contribution >= 0.6 is 0 Å². The standard InChI is InChI=1S/C22H30N2O5/c1-16(2)24(22(26)18-10-13-29-15-18)12-9-21(25)23(3)11-8-17-6-7-19(27-4)20(14-17)28-5/h6-7,10,13-16H,8-9,11-12H2,1-5H3. The van der Waals surface area contributed by atoms with Gasteiger partial charge in [0.1, 0.15) is 6.26 Å². The molecule has 29 heavy (non-hydrogen) atoms. The molecule has 7 nitrogen and oxygen atoms in total. The molecule has 0 spiro atoms. The summed E-state index contributed by atoms with van der Waals surface area (Å²) in [6.45, 7) is 4.80. The van der Waals surface area contributed by atoms with E-state index in [1.165, 1.54) is 12.5 Å². The zero-order chi connectivity index (χ0) is 21.4. The van der Waals surface area contributed by atoms with E-state index in [-0.39, 0.29) is 24.3 Å². The topological polar surface area (TPSA) is 72.2 Å². The summed E-state index contributed by atoms with van der Waals surface area (Å²) in [4.78, 5) is 28.5. The predicted octanol–water partition coefficient (Wildman–Crippen LogP) is 3.24. The predicted molar refractivity (Wildman–Crippen MR) is 110 cm³/mol. The molecule has 1 aromatic carbocycles. The average molecular weight is 402 g/mol. The zero-order valence-corrected chi connectivity index (χ0v) is 17.8. The molecule has 2 rings (SSSR count). The molecule has 0 bridgehead atoms. The van der Waals surface area contributed by atoms with Crippen molar-refractivity contribution in [2.24, 2.45) is 0 Å². The SMILES string of the molecule is COc1ccc(CCN(C)C(=O)CCN(C(=O)c2ccoc2)C(C)C)cc1OC. The van der Waals surface area contributed by atoms with Gasteiger partial charge < -0.3 is 23.7 Å². The van der Waals surface area contributed by atoms with E-state index in [2.05, 4.69) is 0 Å². The van der Waals surface area contributed by atoms with E-state index in [0.717, 1.165) is 5.56 Å². The first-order chi connectivity index (χ1) is 13.9. The van der Waals surface area contributed by atoms with Crippen LogP contribution in [0.5, 0.6) is 11.5 Å². The lowest BCUT2D eigenvalue weighted by Gasteiger charge is -2.27. The number of hydrogen-bond donors (Lipinski definition) is 0.